The Morgan fingerprint density at radius 3 is 2.59 bits per heavy atom. The van der Waals surface area contributed by atoms with Gasteiger partial charge in [-0.25, -0.2) is 8.78 Å². The van der Waals surface area contributed by atoms with Crippen LogP contribution in [0.25, 0.3) is 10.9 Å². The van der Waals surface area contributed by atoms with Gasteiger partial charge in [-0.05, 0) is 43.9 Å². The maximum atomic E-state index is 14.0. The molecule has 2 atom stereocenters. The third-order valence-electron chi connectivity index (χ3n) is 6.05. The Hall–Kier alpha value is -2.24. The number of aromatic nitrogens is 1. The fourth-order valence-electron chi connectivity index (χ4n) is 4.64. The van der Waals surface area contributed by atoms with Crippen LogP contribution in [0, 0.1) is 17.6 Å². The molecule has 0 bridgehead atoms. The molecule has 4 nitrogen and oxygen atoms in total. The van der Waals surface area contributed by atoms with Crippen LogP contribution in [-0.4, -0.2) is 34.2 Å². The van der Waals surface area contributed by atoms with Gasteiger partial charge in [0.15, 0.2) is 0 Å². The van der Waals surface area contributed by atoms with Gasteiger partial charge in [0, 0.05) is 30.3 Å². The smallest absolute Gasteiger partial charge is 0.270 e. The first-order valence-corrected chi connectivity index (χ1v) is 9.86. The van der Waals surface area contributed by atoms with Gasteiger partial charge in [0.2, 0.25) is 0 Å². The zero-order chi connectivity index (χ0) is 19.0. The molecule has 1 aromatic carbocycles. The highest BCUT2D eigenvalue weighted by Crippen LogP contribution is 2.32. The summed E-state index contributed by atoms with van der Waals surface area (Å²) in [5.74, 6) is -1.27. The van der Waals surface area contributed by atoms with Crippen LogP contribution in [0.3, 0.4) is 0 Å². The number of fused-ring (bicyclic) bond motifs is 1. The van der Waals surface area contributed by atoms with E-state index in [0.717, 1.165) is 57.1 Å². The Bertz CT molecular complexity index is 837. The third-order valence-corrected chi connectivity index (χ3v) is 6.05. The second kappa shape index (κ2) is 7.41. The van der Waals surface area contributed by atoms with E-state index in [2.05, 4.69) is 4.98 Å². The van der Waals surface area contributed by atoms with Crippen molar-refractivity contribution >= 4 is 22.6 Å². The van der Waals surface area contributed by atoms with E-state index >= 15 is 0 Å². The molecular weight excluding hydrogens is 350 g/mol. The number of hydrogen-bond donors (Lipinski definition) is 1. The minimum atomic E-state index is -0.583. The summed E-state index contributed by atoms with van der Waals surface area (Å²) in [5.41, 5.74) is 0.197. The van der Waals surface area contributed by atoms with E-state index in [1.165, 1.54) is 6.07 Å². The Labute approximate surface area is 156 Å². The number of aromatic amines is 1. The van der Waals surface area contributed by atoms with Crippen molar-refractivity contribution in [1.29, 1.82) is 0 Å². The summed E-state index contributed by atoms with van der Waals surface area (Å²) in [5, 5.41) is 0.0819. The second-order valence-corrected chi connectivity index (χ2v) is 7.73. The van der Waals surface area contributed by atoms with E-state index in [4.69, 9.17) is 0 Å². The molecule has 2 aliphatic rings. The van der Waals surface area contributed by atoms with E-state index in [-0.39, 0.29) is 40.2 Å². The number of halogens is 2. The molecular formula is C21H24F2N2O2. The molecule has 1 aromatic heterocycles. The molecule has 2 heterocycles. The molecule has 1 aliphatic carbocycles. The molecule has 1 saturated heterocycles. The first-order valence-electron chi connectivity index (χ1n) is 9.86. The van der Waals surface area contributed by atoms with E-state index in [9.17, 15) is 18.4 Å². The van der Waals surface area contributed by atoms with Gasteiger partial charge in [-0.3, -0.25) is 9.59 Å². The van der Waals surface area contributed by atoms with Gasteiger partial charge < -0.3 is 9.88 Å². The highest BCUT2D eigenvalue weighted by Gasteiger charge is 2.37. The van der Waals surface area contributed by atoms with Crippen molar-refractivity contribution in [3.8, 4) is 0 Å². The SMILES string of the molecule is O=C1CCCC[C@@H]1[C@@H]1CCCCCN1C(=O)c1cc2c(F)ccc(F)c2[nH]1. The fourth-order valence-corrected chi connectivity index (χ4v) is 4.64. The van der Waals surface area contributed by atoms with Gasteiger partial charge in [0.05, 0.1) is 5.52 Å². The molecule has 1 aliphatic heterocycles. The topological polar surface area (TPSA) is 53.2 Å². The number of nitrogens with one attached hydrogen (secondary N) is 1. The highest BCUT2D eigenvalue weighted by atomic mass is 19.1. The molecule has 1 N–H and O–H groups in total. The number of likely N-dealkylation sites (tertiary alicyclic amines) is 1. The Balaban J connectivity index is 1.68. The minimum Gasteiger partial charge on any atom is -0.348 e. The molecule has 1 amide bonds. The lowest BCUT2D eigenvalue weighted by atomic mass is 9.80. The number of carbonyl (C=O) groups excluding carboxylic acids is 2. The number of Topliss-reactive ketones (excluding diaryl/α,β-unsaturated/α-hetero) is 1. The van der Waals surface area contributed by atoms with Crippen LogP contribution in [0.5, 0.6) is 0 Å². The van der Waals surface area contributed by atoms with Gasteiger partial charge in [-0.2, -0.15) is 0 Å². The molecule has 0 spiro atoms. The summed E-state index contributed by atoms with van der Waals surface area (Å²) in [6, 6.07) is 3.39. The van der Waals surface area contributed by atoms with Gasteiger partial charge in [-0.15, -0.1) is 0 Å². The van der Waals surface area contributed by atoms with Crippen LogP contribution < -0.4 is 0 Å². The van der Waals surface area contributed by atoms with Gasteiger partial charge in [-0.1, -0.05) is 19.3 Å². The maximum Gasteiger partial charge on any atom is 0.270 e. The van der Waals surface area contributed by atoms with Crippen molar-refractivity contribution in [2.45, 2.75) is 57.4 Å². The van der Waals surface area contributed by atoms with Crippen LogP contribution in [-0.2, 0) is 4.79 Å². The van der Waals surface area contributed by atoms with E-state index < -0.39 is 11.6 Å². The average Bonchev–Trinajstić information content (AvgIpc) is 2.99. The van der Waals surface area contributed by atoms with Crippen molar-refractivity contribution in [3.05, 3.63) is 35.5 Å². The number of nitrogens with zero attached hydrogens (tertiary/aromatic N) is 1. The van der Waals surface area contributed by atoms with Gasteiger partial charge >= 0.3 is 0 Å². The first kappa shape index (κ1) is 18.1. The molecule has 0 unspecified atom stereocenters. The predicted octanol–water partition coefficient (Wildman–Crippen LogP) is 4.59. The summed E-state index contributed by atoms with van der Waals surface area (Å²) in [6.07, 6.45) is 7.06. The molecule has 144 valence electrons. The average molecular weight is 374 g/mol. The number of ketones is 1. The Morgan fingerprint density at radius 1 is 1.04 bits per heavy atom. The summed E-state index contributed by atoms with van der Waals surface area (Å²) in [4.78, 5) is 30.3. The number of benzene rings is 1. The molecule has 0 radical (unpaired) electrons. The normalized spacial score (nSPS) is 24.2. The lowest BCUT2D eigenvalue weighted by Crippen LogP contribution is -2.47. The van der Waals surface area contributed by atoms with Crippen molar-refractivity contribution in [2.24, 2.45) is 5.92 Å². The third kappa shape index (κ3) is 3.37. The lowest BCUT2D eigenvalue weighted by Gasteiger charge is -2.36. The van der Waals surface area contributed by atoms with E-state index in [1.807, 2.05) is 0 Å². The number of hydrogen-bond acceptors (Lipinski definition) is 2. The van der Waals surface area contributed by atoms with Crippen LogP contribution in [0.15, 0.2) is 18.2 Å². The van der Waals surface area contributed by atoms with Crippen molar-refractivity contribution in [3.63, 3.8) is 0 Å². The zero-order valence-corrected chi connectivity index (χ0v) is 15.3. The van der Waals surface area contributed by atoms with E-state index in [1.54, 1.807) is 4.90 Å². The monoisotopic (exact) mass is 374 g/mol. The number of rotatable bonds is 2. The fraction of sp³-hybridized carbons (Fsp3) is 0.524. The number of amides is 1. The standard InChI is InChI=1S/C21H24F2N2O2/c22-15-9-10-16(23)20-14(15)12-17(24-20)21(27)25-11-5-1-2-7-18(25)13-6-3-4-8-19(13)26/h9-10,12-13,18,24H,1-8,11H2/t13-,18+/m1/s1. The summed E-state index contributed by atoms with van der Waals surface area (Å²) >= 11 is 0. The second-order valence-electron chi connectivity index (χ2n) is 7.73. The largest absolute Gasteiger partial charge is 0.348 e. The van der Waals surface area contributed by atoms with Crippen molar-refractivity contribution in [1.82, 2.24) is 9.88 Å². The van der Waals surface area contributed by atoms with Crippen molar-refractivity contribution in [2.75, 3.05) is 6.54 Å². The quantitative estimate of drug-likeness (QED) is 0.836. The maximum absolute atomic E-state index is 14.0. The summed E-state index contributed by atoms with van der Waals surface area (Å²) < 4.78 is 28.0. The first-order chi connectivity index (χ1) is 13.1. The number of carbonyl (C=O) groups is 2. The summed E-state index contributed by atoms with van der Waals surface area (Å²) in [7, 11) is 0. The lowest BCUT2D eigenvalue weighted by molar-refractivity contribution is -0.126. The van der Waals surface area contributed by atoms with Crippen LogP contribution in [0.2, 0.25) is 0 Å². The summed E-state index contributed by atoms with van der Waals surface area (Å²) in [6.45, 7) is 0.577. The molecule has 6 heteroatoms. The molecule has 27 heavy (non-hydrogen) atoms. The zero-order valence-electron chi connectivity index (χ0n) is 15.3. The van der Waals surface area contributed by atoms with Gasteiger partial charge in [0.25, 0.3) is 5.91 Å². The van der Waals surface area contributed by atoms with Crippen LogP contribution in [0.1, 0.15) is 61.9 Å². The number of H-pyrrole nitrogens is 1. The van der Waals surface area contributed by atoms with E-state index in [0.29, 0.717) is 13.0 Å². The van der Waals surface area contributed by atoms with Gasteiger partial charge in [0.1, 0.15) is 23.1 Å². The molecule has 2 aromatic rings. The Kier molecular flexibility index (Phi) is 4.98. The van der Waals surface area contributed by atoms with Crippen molar-refractivity contribution < 1.29 is 18.4 Å². The molecule has 1 saturated carbocycles. The molecule has 2 fully saturated rings. The Morgan fingerprint density at radius 2 is 1.81 bits per heavy atom. The van der Waals surface area contributed by atoms with Crippen LogP contribution >= 0.6 is 0 Å². The minimum absolute atomic E-state index is 0.0125. The highest BCUT2D eigenvalue weighted by molar-refractivity contribution is 5.98. The molecule has 4 rings (SSSR count). The van der Waals surface area contributed by atoms with Crippen LogP contribution in [0.4, 0.5) is 8.78 Å². The predicted molar refractivity (Wildman–Crippen MR) is 98.5 cm³/mol.